The van der Waals surface area contributed by atoms with Gasteiger partial charge in [0.05, 0.1) is 11.4 Å². The fourth-order valence-corrected chi connectivity index (χ4v) is 2.96. The highest BCUT2D eigenvalue weighted by Crippen LogP contribution is 2.19. The second-order valence-electron chi connectivity index (χ2n) is 5.32. The molecule has 0 saturated heterocycles. The molecule has 0 amide bonds. The van der Waals surface area contributed by atoms with Crippen LogP contribution in [0, 0.1) is 6.92 Å². The normalized spacial score (nSPS) is 11.0. The molecule has 0 fully saturated rings. The maximum Gasteiger partial charge on any atom is 0.209 e. The zero-order chi connectivity index (χ0) is 17.5. The van der Waals surface area contributed by atoms with Gasteiger partial charge in [-0.05, 0) is 42.8 Å². The molecule has 1 heterocycles. The van der Waals surface area contributed by atoms with Gasteiger partial charge in [-0.15, -0.1) is 5.10 Å². The molecule has 0 radical (unpaired) electrons. The van der Waals surface area contributed by atoms with E-state index in [-0.39, 0.29) is 0 Å². The third-order valence-corrected chi connectivity index (χ3v) is 4.58. The number of nitrogens with zero attached hydrogens (tertiary/aromatic N) is 3. The molecule has 0 unspecified atom stereocenters. The van der Waals surface area contributed by atoms with Gasteiger partial charge in [0.25, 0.3) is 0 Å². The molecule has 1 N–H and O–H groups in total. The van der Waals surface area contributed by atoms with Gasteiger partial charge in [-0.1, -0.05) is 53.7 Å². The van der Waals surface area contributed by atoms with E-state index in [0.717, 1.165) is 22.8 Å². The molecule has 0 saturated carbocycles. The van der Waals surface area contributed by atoms with E-state index in [2.05, 4.69) is 32.6 Å². The van der Waals surface area contributed by atoms with Crippen LogP contribution in [0.1, 0.15) is 17.0 Å². The number of aromatic nitrogens is 3. The molecule has 0 aliphatic carbocycles. The summed E-state index contributed by atoms with van der Waals surface area (Å²) in [6.07, 6.45) is 3.73. The van der Waals surface area contributed by atoms with Crippen LogP contribution < -0.4 is 5.32 Å². The molecule has 0 aliphatic rings. The standard InChI is InChI=1S/C19H17ClN4S/c1-14-18(11-12-21-17-9-7-16(20)8-10-17)22-19(24-23-14)25-13-15-5-3-2-4-6-15/h2-12,21H,13H2,1H3/b12-11+. The Bertz CT molecular complexity index is 851. The van der Waals surface area contributed by atoms with Gasteiger partial charge in [0.2, 0.25) is 5.16 Å². The van der Waals surface area contributed by atoms with E-state index < -0.39 is 0 Å². The number of aryl methyl sites for hydroxylation is 1. The summed E-state index contributed by atoms with van der Waals surface area (Å²) in [7, 11) is 0. The van der Waals surface area contributed by atoms with Crippen molar-refractivity contribution in [2.75, 3.05) is 5.32 Å². The van der Waals surface area contributed by atoms with Gasteiger partial charge in [-0.2, -0.15) is 5.10 Å². The molecule has 3 aromatic rings. The molecule has 25 heavy (non-hydrogen) atoms. The second-order valence-corrected chi connectivity index (χ2v) is 6.70. The van der Waals surface area contributed by atoms with E-state index in [9.17, 15) is 0 Å². The van der Waals surface area contributed by atoms with E-state index in [4.69, 9.17) is 11.6 Å². The van der Waals surface area contributed by atoms with Crippen LogP contribution in [0.15, 0.2) is 66.0 Å². The molecule has 2 aromatic carbocycles. The molecule has 0 bridgehead atoms. The lowest BCUT2D eigenvalue weighted by atomic mass is 10.2. The summed E-state index contributed by atoms with van der Waals surface area (Å²) >= 11 is 7.45. The lowest BCUT2D eigenvalue weighted by molar-refractivity contribution is 0.806. The first-order valence-corrected chi connectivity index (χ1v) is 9.14. The number of hydrogen-bond donors (Lipinski definition) is 1. The summed E-state index contributed by atoms with van der Waals surface area (Å²) in [6.45, 7) is 1.90. The predicted molar refractivity (Wildman–Crippen MR) is 105 cm³/mol. The summed E-state index contributed by atoms with van der Waals surface area (Å²) in [5, 5.41) is 12.9. The summed E-state index contributed by atoms with van der Waals surface area (Å²) in [6, 6.07) is 17.8. The van der Waals surface area contributed by atoms with Gasteiger partial charge in [0, 0.05) is 22.7 Å². The van der Waals surface area contributed by atoms with E-state index in [1.165, 1.54) is 5.56 Å². The van der Waals surface area contributed by atoms with Gasteiger partial charge in [0.15, 0.2) is 0 Å². The Hall–Kier alpha value is -2.37. The van der Waals surface area contributed by atoms with E-state index >= 15 is 0 Å². The molecule has 0 aliphatic heterocycles. The minimum Gasteiger partial charge on any atom is -0.362 e. The number of halogens is 1. The van der Waals surface area contributed by atoms with Crippen molar-refractivity contribution in [2.45, 2.75) is 17.8 Å². The molecule has 1 aromatic heterocycles. The van der Waals surface area contributed by atoms with Gasteiger partial charge in [-0.3, -0.25) is 0 Å². The smallest absolute Gasteiger partial charge is 0.209 e. The van der Waals surface area contributed by atoms with Crippen molar-refractivity contribution >= 4 is 35.1 Å². The minimum absolute atomic E-state index is 0.667. The minimum atomic E-state index is 0.667. The first-order valence-electron chi connectivity index (χ1n) is 7.77. The summed E-state index contributed by atoms with van der Waals surface area (Å²) < 4.78 is 0. The molecule has 3 rings (SSSR count). The quantitative estimate of drug-likeness (QED) is 0.605. The third kappa shape index (κ3) is 5.31. The van der Waals surface area contributed by atoms with Crippen molar-refractivity contribution in [3.8, 4) is 0 Å². The maximum atomic E-state index is 5.88. The summed E-state index contributed by atoms with van der Waals surface area (Å²) in [5.74, 6) is 0.817. The molecular weight excluding hydrogens is 352 g/mol. The van der Waals surface area contributed by atoms with Crippen molar-refractivity contribution < 1.29 is 0 Å². The highest BCUT2D eigenvalue weighted by Gasteiger charge is 2.04. The molecular formula is C19H17ClN4S. The molecule has 6 heteroatoms. The molecule has 4 nitrogen and oxygen atoms in total. The fraction of sp³-hybridized carbons (Fsp3) is 0.105. The lowest BCUT2D eigenvalue weighted by Crippen LogP contribution is -1.99. The van der Waals surface area contributed by atoms with Crippen molar-refractivity contribution in [2.24, 2.45) is 0 Å². The van der Waals surface area contributed by atoms with Crippen LogP contribution in [-0.4, -0.2) is 15.2 Å². The number of nitrogens with one attached hydrogen (secondary N) is 1. The first-order chi connectivity index (χ1) is 12.2. The second kappa shape index (κ2) is 8.65. The number of hydrogen-bond acceptors (Lipinski definition) is 5. The average Bonchev–Trinajstić information content (AvgIpc) is 2.64. The molecule has 126 valence electrons. The Morgan fingerprint density at radius 2 is 1.80 bits per heavy atom. The summed E-state index contributed by atoms with van der Waals surface area (Å²) in [5.41, 5.74) is 3.78. The van der Waals surface area contributed by atoms with Crippen molar-refractivity contribution in [3.63, 3.8) is 0 Å². The lowest BCUT2D eigenvalue weighted by Gasteiger charge is -2.04. The zero-order valence-corrected chi connectivity index (χ0v) is 15.3. The average molecular weight is 369 g/mol. The topological polar surface area (TPSA) is 50.7 Å². The van der Waals surface area contributed by atoms with Crippen LogP contribution in [-0.2, 0) is 5.75 Å². The Morgan fingerprint density at radius 3 is 2.56 bits per heavy atom. The maximum absolute atomic E-state index is 5.88. The van der Waals surface area contributed by atoms with Gasteiger partial charge >= 0.3 is 0 Å². The first kappa shape index (κ1) is 17.5. The predicted octanol–water partition coefficient (Wildman–Crippen LogP) is 5.21. The zero-order valence-electron chi connectivity index (χ0n) is 13.7. The van der Waals surface area contributed by atoms with Crippen LogP contribution in [0.5, 0.6) is 0 Å². The SMILES string of the molecule is Cc1nnc(SCc2ccccc2)nc1/C=C/Nc1ccc(Cl)cc1. The number of benzene rings is 2. The monoisotopic (exact) mass is 368 g/mol. The van der Waals surface area contributed by atoms with E-state index in [1.54, 1.807) is 11.8 Å². The highest BCUT2D eigenvalue weighted by atomic mass is 35.5. The van der Waals surface area contributed by atoms with Crippen LogP contribution in [0.4, 0.5) is 5.69 Å². The fourth-order valence-electron chi connectivity index (χ4n) is 2.08. The van der Waals surface area contributed by atoms with E-state index in [0.29, 0.717) is 10.2 Å². The summed E-state index contributed by atoms with van der Waals surface area (Å²) in [4.78, 5) is 4.57. The van der Waals surface area contributed by atoms with Crippen LogP contribution in [0.25, 0.3) is 6.08 Å². The third-order valence-electron chi connectivity index (χ3n) is 3.42. The van der Waals surface area contributed by atoms with Gasteiger partial charge < -0.3 is 5.32 Å². The number of thioether (sulfide) groups is 1. The Labute approximate surface area is 156 Å². The highest BCUT2D eigenvalue weighted by molar-refractivity contribution is 7.98. The Balaban J connectivity index is 1.64. The van der Waals surface area contributed by atoms with E-state index in [1.807, 2.05) is 61.7 Å². The van der Waals surface area contributed by atoms with Crippen molar-refractivity contribution in [1.29, 1.82) is 0 Å². The van der Waals surface area contributed by atoms with Crippen molar-refractivity contribution in [1.82, 2.24) is 15.2 Å². The molecule has 0 atom stereocenters. The number of rotatable bonds is 6. The van der Waals surface area contributed by atoms with Gasteiger partial charge in [0.1, 0.15) is 0 Å². The van der Waals surface area contributed by atoms with Crippen molar-refractivity contribution in [3.05, 3.63) is 82.8 Å². The largest absolute Gasteiger partial charge is 0.362 e. The Kier molecular flexibility index (Phi) is 6.04. The van der Waals surface area contributed by atoms with Crippen LogP contribution >= 0.6 is 23.4 Å². The molecule has 0 spiro atoms. The Morgan fingerprint density at radius 1 is 1.04 bits per heavy atom. The van der Waals surface area contributed by atoms with Gasteiger partial charge in [-0.25, -0.2) is 4.98 Å². The van der Waals surface area contributed by atoms with Crippen LogP contribution in [0.3, 0.4) is 0 Å². The number of anilines is 1. The van der Waals surface area contributed by atoms with Crippen LogP contribution in [0.2, 0.25) is 5.02 Å².